The van der Waals surface area contributed by atoms with Crippen molar-refractivity contribution in [3.05, 3.63) is 39.4 Å². The quantitative estimate of drug-likeness (QED) is 0.453. The Labute approximate surface area is 102 Å². The zero-order valence-corrected chi connectivity index (χ0v) is 10.9. The number of carbonyl (C=O) groups excluding carboxylic acids is 1. The molecule has 0 bridgehead atoms. The molecule has 0 saturated heterocycles. The summed E-state index contributed by atoms with van der Waals surface area (Å²) in [5, 5.41) is 10.3. The molecule has 5 heteroatoms. The van der Waals surface area contributed by atoms with E-state index in [-0.39, 0.29) is 5.69 Å². The molecule has 0 unspecified atom stereocenters. The largest absolute Gasteiger partial charge is 0.388 e. The van der Waals surface area contributed by atoms with Crippen molar-refractivity contribution in [1.82, 2.24) is 0 Å². The molecule has 0 spiro atoms. The number of nitro benzene ring substituents is 1. The van der Waals surface area contributed by atoms with Crippen molar-refractivity contribution in [3.63, 3.8) is 0 Å². The molecule has 0 heterocycles. The Balaban J connectivity index is 0. The molecule has 17 heavy (non-hydrogen) atoms. The number of methoxy groups -OCH3 is 1. The second-order valence-electron chi connectivity index (χ2n) is 2.82. The van der Waals surface area contributed by atoms with Crippen molar-refractivity contribution < 1.29 is 14.5 Å². The van der Waals surface area contributed by atoms with Gasteiger partial charge in [-0.05, 0) is 12.5 Å². The molecule has 96 valence electrons. The van der Waals surface area contributed by atoms with Crippen LogP contribution in [-0.4, -0.2) is 25.4 Å². The highest BCUT2D eigenvalue weighted by atomic mass is 16.6. The molecule has 0 amide bonds. The Morgan fingerprint density at radius 3 is 2.12 bits per heavy atom. The zero-order valence-electron chi connectivity index (χ0n) is 10.9. The average molecular weight is 241 g/mol. The first-order valence-corrected chi connectivity index (χ1v) is 5.17. The maximum absolute atomic E-state index is 10.4. The number of rotatable bonds is 2. The molecule has 0 N–H and O–H groups in total. The standard InChI is InChI=1S/C8H7NO3.C2H6O.C2H6/c1-6-2-3-8(9(11)12)4-7(6)5-10;1-3-2;1-2/h2-5H,1H3;1-2H3;1-2H3. The van der Waals surface area contributed by atoms with Crippen LogP contribution >= 0.6 is 0 Å². The summed E-state index contributed by atoms with van der Waals surface area (Å²) in [6.45, 7) is 5.73. The minimum atomic E-state index is -0.521. The van der Waals surface area contributed by atoms with Gasteiger partial charge in [-0.1, -0.05) is 19.9 Å². The van der Waals surface area contributed by atoms with Gasteiger partial charge in [0.25, 0.3) is 5.69 Å². The number of hydrogen-bond donors (Lipinski definition) is 0. The van der Waals surface area contributed by atoms with E-state index in [1.54, 1.807) is 27.2 Å². The molecule has 0 fully saturated rings. The van der Waals surface area contributed by atoms with Gasteiger partial charge >= 0.3 is 0 Å². The van der Waals surface area contributed by atoms with Crippen LogP contribution in [0.4, 0.5) is 5.69 Å². The van der Waals surface area contributed by atoms with Crippen molar-refractivity contribution in [2.45, 2.75) is 20.8 Å². The first kappa shape index (κ1) is 17.6. The summed E-state index contributed by atoms with van der Waals surface area (Å²) in [5.74, 6) is 0. The Morgan fingerprint density at radius 1 is 1.29 bits per heavy atom. The molecule has 0 aliphatic heterocycles. The zero-order chi connectivity index (χ0) is 13.8. The lowest BCUT2D eigenvalue weighted by molar-refractivity contribution is -0.384. The third kappa shape index (κ3) is 7.19. The number of nitro groups is 1. The van der Waals surface area contributed by atoms with Gasteiger partial charge in [-0.15, -0.1) is 0 Å². The van der Waals surface area contributed by atoms with Gasteiger partial charge < -0.3 is 4.74 Å². The first-order chi connectivity index (χ1) is 8.06. The van der Waals surface area contributed by atoms with E-state index in [4.69, 9.17) is 0 Å². The summed E-state index contributed by atoms with van der Waals surface area (Å²) >= 11 is 0. The lowest BCUT2D eigenvalue weighted by Crippen LogP contribution is -1.91. The van der Waals surface area contributed by atoms with Crippen molar-refractivity contribution in [2.24, 2.45) is 0 Å². The van der Waals surface area contributed by atoms with E-state index in [9.17, 15) is 14.9 Å². The second-order valence-corrected chi connectivity index (χ2v) is 2.82. The minimum absolute atomic E-state index is 0.0531. The molecule has 1 aromatic rings. The highest BCUT2D eigenvalue weighted by Gasteiger charge is 2.06. The van der Waals surface area contributed by atoms with E-state index in [1.165, 1.54) is 12.1 Å². The molecular formula is C12H19NO4. The number of aryl methyl sites for hydroxylation is 1. The average Bonchev–Trinajstić information content (AvgIpc) is 2.33. The van der Waals surface area contributed by atoms with Crippen LogP contribution in [0, 0.1) is 17.0 Å². The van der Waals surface area contributed by atoms with Gasteiger partial charge in [0.15, 0.2) is 6.29 Å². The van der Waals surface area contributed by atoms with Gasteiger partial charge in [0.05, 0.1) is 4.92 Å². The molecule has 0 atom stereocenters. The SMILES string of the molecule is CC.COC.Cc1ccc([N+](=O)[O-])cc1C=O. The summed E-state index contributed by atoms with van der Waals surface area (Å²) in [4.78, 5) is 20.1. The lowest BCUT2D eigenvalue weighted by Gasteiger charge is -1.96. The highest BCUT2D eigenvalue weighted by Crippen LogP contribution is 2.15. The summed E-state index contributed by atoms with van der Waals surface area (Å²) in [6, 6.07) is 4.20. The number of nitrogens with zero attached hydrogens (tertiary/aromatic N) is 1. The van der Waals surface area contributed by atoms with E-state index in [1.807, 2.05) is 13.8 Å². The summed E-state index contributed by atoms with van der Waals surface area (Å²) in [6.07, 6.45) is 0.613. The normalized spacial score (nSPS) is 8.06. The van der Waals surface area contributed by atoms with E-state index in [2.05, 4.69) is 4.74 Å². The van der Waals surface area contributed by atoms with Crippen LogP contribution in [0.3, 0.4) is 0 Å². The molecule has 0 aromatic heterocycles. The van der Waals surface area contributed by atoms with Crippen molar-refractivity contribution in [2.75, 3.05) is 14.2 Å². The van der Waals surface area contributed by atoms with Gasteiger partial charge in [0.1, 0.15) is 0 Å². The van der Waals surface area contributed by atoms with Crippen molar-refractivity contribution >= 4 is 12.0 Å². The molecule has 0 saturated carbocycles. The minimum Gasteiger partial charge on any atom is -0.388 e. The molecule has 5 nitrogen and oxygen atoms in total. The molecule has 0 aliphatic rings. The number of carbonyl (C=O) groups is 1. The van der Waals surface area contributed by atoms with Gasteiger partial charge in [-0.2, -0.15) is 0 Å². The van der Waals surface area contributed by atoms with Gasteiger partial charge in [0.2, 0.25) is 0 Å². The maximum Gasteiger partial charge on any atom is 0.270 e. The van der Waals surface area contributed by atoms with Crippen LogP contribution in [-0.2, 0) is 4.74 Å². The van der Waals surface area contributed by atoms with E-state index in [0.717, 1.165) is 5.56 Å². The number of benzene rings is 1. The number of non-ortho nitro benzene ring substituents is 1. The van der Waals surface area contributed by atoms with Crippen LogP contribution < -0.4 is 0 Å². The van der Waals surface area contributed by atoms with Crippen LogP contribution in [0.5, 0.6) is 0 Å². The van der Waals surface area contributed by atoms with Crippen LogP contribution in [0.1, 0.15) is 29.8 Å². The van der Waals surface area contributed by atoms with Crippen molar-refractivity contribution in [1.29, 1.82) is 0 Å². The summed E-state index contributed by atoms with van der Waals surface area (Å²) in [7, 11) is 3.25. The van der Waals surface area contributed by atoms with Crippen LogP contribution in [0.15, 0.2) is 18.2 Å². The molecular weight excluding hydrogens is 222 g/mol. The van der Waals surface area contributed by atoms with Gasteiger partial charge in [-0.25, -0.2) is 0 Å². The highest BCUT2D eigenvalue weighted by molar-refractivity contribution is 5.78. The van der Waals surface area contributed by atoms with E-state index in [0.29, 0.717) is 11.8 Å². The number of hydrogen-bond acceptors (Lipinski definition) is 4. The smallest absolute Gasteiger partial charge is 0.270 e. The third-order valence-corrected chi connectivity index (χ3v) is 1.60. The fourth-order valence-corrected chi connectivity index (χ4v) is 0.868. The Hall–Kier alpha value is -1.75. The predicted molar refractivity (Wildman–Crippen MR) is 67.5 cm³/mol. The summed E-state index contributed by atoms with van der Waals surface area (Å²) in [5.41, 5.74) is 1.06. The second kappa shape index (κ2) is 10.8. The molecule has 1 rings (SSSR count). The van der Waals surface area contributed by atoms with E-state index < -0.39 is 4.92 Å². The Morgan fingerprint density at radius 2 is 1.76 bits per heavy atom. The maximum atomic E-state index is 10.4. The number of ether oxygens (including phenoxy) is 1. The first-order valence-electron chi connectivity index (χ1n) is 5.17. The fraction of sp³-hybridized carbons (Fsp3) is 0.417. The molecule has 0 radical (unpaired) electrons. The summed E-state index contributed by atoms with van der Waals surface area (Å²) < 4.78 is 4.25. The third-order valence-electron chi connectivity index (χ3n) is 1.60. The monoisotopic (exact) mass is 241 g/mol. The Bertz CT molecular complexity index is 350. The van der Waals surface area contributed by atoms with Crippen LogP contribution in [0.2, 0.25) is 0 Å². The topological polar surface area (TPSA) is 69.4 Å². The molecule has 1 aromatic carbocycles. The number of aldehydes is 1. The fourth-order valence-electron chi connectivity index (χ4n) is 0.868. The van der Waals surface area contributed by atoms with Crippen molar-refractivity contribution in [3.8, 4) is 0 Å². The van der Waals surface area contributed by atoms with Crippen LogP contribution in [0.25, 0.3) is 0 Å². The predicted octanol–water partition coefficient (Wildman–Crippen LogP) is 3.00. The van der Waals surface area contributed by atoms with Gasteiger partial charge in [-0.3, -0.25) is 14.9 Å². The Kier molecular flexibility index (Phi) is 11.2. The molecule has 0 aliphatic carbocycles. The van der Waals surface area contributed by atoms with E-state index >= 15 is 0 Å². The van der Waals surface area contributed by atoms with Gasteiger partial charge in [0, 0.05) is 31.9 Å². The lowest BCUT2D eigenvalue weighted by atomic mass is 10.1.